The molecule has 154 valence electrons. The number of hydrogen-bond donors (Lipinski definition) is 4. The second-order valence-corrected chi connectivity index (χ2v) is 6.98. The average molecular weight is 409 g/mol. The van der Waals surface area contributed by atoms with Crippen LogP contribution in [0.2, 0.25) is 0 Å². The van der Waals surface area contributed by atoms with Crippen LogP contribution in [0.1, 0.15) is 11.1 Å². The van der Waals surface area contributed by atoms with Crippen LogP contribution >= 0.6 is 0 Å². The Morgan fingerprint density at radius 1 is 1.00 bits per heavy atom. The maximum Gasteiger partial charge on any atom is 0.259 e. The number of H-pyrrole nitrogens is 1. The van der Waals surface area contributed by atoms with Crippen LogP contribution in [0.15, 0.2) is 59.5 Å². The maximum atomic E-state index is 14.1. The molecule has 30 heavy (non-hydrogen) atoms. The summed E-state index contributed by atoms with van der Waals surface area (Å²) in [7, 11) is 0. The molecule has 3 aromatic rings. The summed E-state index contributed by atoms with van der Waals surface area (Å²) < 4.78 is 28.1. The van der Waals surface area contributed by atoms with Gasteiger partial charge in [-0.05, 0) is 30.3 Å². The Bertz CT molecular complexity index is 1100. The van der Waals surface area contributed by atoms with Gasteiger partial charge in [-0.3, -0.25) is 10.2 Å². The summed E-state index contributed by atoms with van der Waals surface area (Å²) in [4.78, 5) is 17.3. The molecule has 0 amide bonds. The summed E-state index contributed by atoms with van der Waals surface area (Å²) in [5.74, 6) is -1.57. The van der Waals surface area contributed by atoms with E-state index in [0.717, 1.165) is 44.0 Å². The van der Waals surface area contributed by atoms with Crippen molar-refractivity contribution >= 4 is 22.8 Å². The van der Waals surface area contributed by atoms with Crippen molar-refractivity contribution < 1.29 is 8.78 Å². The minimum absolute atomic E-state index is 0.00933. The molecule has 1 aromatic heterocycles. The van der Waals surface area contributed by atoms with Crippen molar-refractivity contribution in [2.24, 2.45) is 0 Å². The van der Waals surface area contributed by atoms with Crippen molar-refractivity contribution in [1.82, 2.24) is 10.3 Å². The van der Waals surface area contributed by atoms with Crippen LogP contribution in [0, 0.1) is 17.0 Å². The molecule has 4 N–H and O–H groups in total. The van der Waals surface area contributed by atoms with Gasteiger partial charge in [0, 0.05) is 43.6 Å². The van der Waals surface area contributed by atoms with Crippen molar-refractivity contribution in [2.45, 2.75) is 0 Å². The number of aromatic amines is 1. The van der Waals surface area contributed by atoms with E-state index >= 15 is 0 Å². The number of pyridine rings is 1. The molecule has 0 bridgehead atoms. The van der Waals surface area contributed by atoms with E-state index in [9.17, 15) is 13.6 Å². The number of nitrogens with zero attached hydrogens (tertiary/aromatic N) is 1. The fraction of sp³-hybridized carbons (Fsp3) is 0.182. The quantitative estimate of drug-likeness (QED) is 0.488. The lowest BCUT2D eigenvalue weighted by atomic mass is 10.0. The van der Waals surface area contributed by atoms with Gasteiger partial charge in [-0.15, -0.1) is 0 Å². The standard InChI is InChI=1S/C22H21F2N5O/c23-16-2-1-3-17(24)21(16)28-18-8-9-27-22(30)19(18)20(25)14-4-6-15(7-5-14)29-12-10-26-11-13-29/h1-9,25-26H,10-13H2,(H2,27,28,30). The van der Waals surface area contributed by atoms with E-state index in [0.29, 0.717) is 5.56 Å². The first-order valence-electron chi connectivity index (χ1n) is 9.62. The molecule has 6 nitrogen and oxygen atoms in total. The van der Waals surface area contributed by atoms with Gasteiger partial charge < -0.3 is 20.5 Å². The molecule has 0 spiro atoms. The molecular weight excluding hydrogens is 388 g/mol. The summed E-state index contributed by atoms with van der Waals surface area (Å²) in [5.41, 5.74) is 0.806. The Kier molecular flexibility index (Phi) is 5.58. The monoisotopic (exact) mass is 409 g/mol. The SMILES string of the molecule is N=C(c1ccc(N2CCNCC2)cc1)c1c(Nc2c(F)cccc2F)cc[nH]c1=O. The molecule has 2 heterocycles. The van der Waals surface area contributed by atoms with E-state index in [1.54, 1.807) is 12.1 Å². The summed E-state index contributed by atoms with van der Waals surface area (Å²) >= 11 is 0. The van der Waals surface area contributed by atoms with Crippen molar-refractivity contribution in [3.05, 3.63) is 87.8 Å². The van der Waals surface area contributed by atoms with Crippen molar-refractivity contribution in [3.63, 3.8) is 0 Å². The molecule has 2 aromatic carbocycles. The van der Waals surface area contributed by atoms with Gasteiger partial charge in [0.1, 0.15) is 17.3 Å². The van der Waals surface area contributed by atoms with Crippen LogP contribution in [0.5, 0.6) is 0 Å². The van der Waals surface area contributed by atoms with Crippen LogP contribution in [0.25, 0.3) is 0 Å². The third kappa shape index (κ3) is 3.95. The lowest BCUT2D eigenvalue weighted by Gasteiger charge is -2.29. The van der Waals surface area contributed by atoms with Gasteiger partial charge in [-0.25, -0.2) is 8.78 Å². The zero-order chi connectivity index (χ0) is 21.1. The van der Waals surface area contributed by atoms with E-state index in [1.165, 1.54) is 18.3 Å². The van der Waals surface area contributed by atoms with Gasteiger partial charge in [0.15, 0.2) is 0 Å². The molecule has 0 aliphatic carbocycles. The first-order valence-corrected chi connectivity index (χ1v) is 9.62. The summed E-state index contributed by atoms with van der Waals surface area (Å²) in [6.07, 6.45) is 1.37. The van der Waals surface area contributed by atoms with E-state index in [4.69, 9.17) is 5.41 Å². The van der Waals surface area contributed by atoms with Gasteiger partial charge in [-0.2, -0.15) is 0 Å². The summed E-state index contributed by atoms with van der Waals surface area (Å²) in [6.45, 7) is 3.63. The Balaban J connectivity index is 1.65. The van der Waals surface area contributed by atoms with E-state index in [2.05, 4.69) is 20.5 Å². The van der Waals surface area contributed by atoms with E-state index in [1.807, 2.05) is 12.1 Å². The largest absolute Gasteiger partial charge is 0.369 e. The summed E-state index contributed by atoms with van der Waals surface area (Å²) in [6, 6.07) is 12.4. The van der Waals surface area contributed by atoms with Crippen LogP contribution in [0.4, 0.5) is 25.8 Å². The molecule has 0 radical (unpaired) electrons. The van der Waals surface area contributed by atoms with Crippen LogP contribution in [-0.2, 0) is 0 Å². The van der Waals surface area contributed by atoms with Crippen molar-refractivity contribution in [3.8, 4) is 0 Å². The Morgan fingerprint density at radius 3 is 2.33 bits per heavy atom. The topological polar surface area (TPSA) is 84.0 Å². The molecule has 1 aliphatic heterocycles. The fourth-order valence-electron chi connectivity index (χ4n) is 3.49. The molecule has 1 fully saturated rings. The zero-order valence-electron chi connectivity index (χ0n) is 16.1. The number of aromatic nitrogens is 1. The highest BCUT2D eigenvalue weighted by Gasteiger charge is 2.18. The van der Waals surface area contributed by atoms with E-state index in [-0.39, 0.29) is 22.6 Å². The minimum atomic E-state index is -0.784. The highest BCUT2D eigenvalue weighted by atomic mass is 19.1. The minimum Gasteiger partial charge on any atom is -0.369 e. The lowest BCUT2D eigenvalue weighted by Crippen LogP contribution is -2.43. The smallest absolute Gasteiger partial charge is 0.259 e. The number of nitrogens with one attached hydrogen (secondary N) is 4. The summed E-state index contributed by atoms with van der Waals surface area (Å²) in [5, 5.41) is 14.5. The zero-order valence-corrected chi connectivity index (χ0v) is 16.1. The van der Waals surface area contributed by atoms with E-state index < -0.39 is 17.2 Å². The predicted molar refractivity (Wildman–Crippen MR) is 114 cm³/mol. The lowest BCUT2D eigenvalue weighted by molar-refractivity contribution is 0.589. The van der Waals surface area contributed by atoms with Gasteiger partial charge in [-0.1, -0.05) is 18.2 Å². The number of halogens is 2. The third-order valence-corrected chi connectivity index (χ3v) is 5.07. The molecule has 1 saturated heterocycles. The first-order chi connectivity index (χ1) is 14.5. The van der Waals surface area contributed by atoms with Crippen molar-refractivity contribution in [2.75, 3.05) is 36.4 Å². The predicted octanol–water partition coefficient (Wildman–Crippen LogP) is 3.22. The number of rotatable bonds is 5. The first kappa shape index (κ1) is 19.8. The van der Waals surface area contributed by atoms with Crippen LogP contribution < -0.4 is 21.1 Å². The Labute approximate surface area is 172 Å². The van der Waals surface area contributed by atoms with Gasteiger partial charge >= 0.3 is 0 Å². The number of benzene rings is 2. The van der Waals surface area contributed by atoms with Gasteiger partial charge in [0.05, 0.1) is 17.0 Å². The third-order valence-electron chi connectivity index (χ3n) is 5.07. The second kappa shape index (κ2) is 8.46. The Hall–Kier alpha value is -3.52. The molecule has 0 unspecified atom stereocenters. The Morgan fingerprint density at radius 2 is 1.67 bits per heavy atom. The molecule has 1 aliphatic rings. The van der Waals surface area contributed by atoms with Gasteiger partial charge in [0.2, 0.25) is 0 Å². The normalized spacial score (nSPS) is 13.9. The number of piperazine rings is 1. The fourth-order valence-corrected chi connectivity index (χ4v) is 3.49. The molecule has 0 atom stereocenters. The molecule has 4 rings (SSSR count). The number of anilines is 3. The van der Waals surface area contributed by atoms with Crippen LogP contribution in [-0.4, -0.2) is 36.9 Å². The molecule has 0 saturated carbocycles. The maximum absolute atomic E-state index is 14.1. The number of hydrogen-bond acceptors (Lipinski definition) is 5. The molecule has 8 heteroatoms. The average Bonchev–Trinajstić information content (AvgIpc) is 2.77. The number of para-hydroxylation sites is 1. The second-order valence-electron chi connectivity index (χ2n) is 6.98. The van der Waals surface area contributed by atoms with Crippen molar-refractivity contribution in [1.29, 1.82) is 5.41 Å². The molecular formula is C22H21F2N5O. The van der Waals surface area contributed by atoms with Gasteiger partial charge in [0.25, 0.3) is 5.56 Å². The highest BCUT2D eigenvalue weighted by Crippen LogP contribution is 2.26. The highest BCUT2D eigenvalue weighted by molar-refractivity contribution is 6.14. The van der Waals surface area contributed by atoms with Crippen LogP contribution in [0.3, 0.4) is 0 Å².